The van der Waals surface area contributed by atoms with Gasteiger partial charge in [-0.2, -0.15) is 0 Å². The van der Waals surface area contributed by atoms with Gasteiger partial charge < -0.3 is 19.5 Å². The molecule has 0 radical (unpaired) electrons. The number of nitro benzene ring substituents is 1. The van der Waals surface area contributed by atoms with Crippen LogP contribution in [-0.4, -0.2) is 42.7 Å². The van der Waals surface area contributed by atoms with Gasteiger partial charge in [0, 0.05) is 12.1 Å². The molecule has 1 aromatic rings. The first-order valence-electron chi connectivity index (χ1n) is 9.00. The van der Waals surface area contributed by atoms with Gasteiger partial charge in [-0.1, -0.05) is 19.8 Å². The van der Waals surface area contributed by atoms with Gasteiger partial charge in [-0.3, -0.25) is 14.9 Å². The first-order chi connectivity index (χ1) is 13.0. The van der Waals surface area contributed by atoms with E-state index in [4.69, 9.17) is 14.2 Å². The summed E-state index contributed by atoms with van der Waals surface area (Å²) < 4.78 is 15.6. The number of amides is 1. The molecule has 1 N–H and O–H groups in total. The second kappa shape index (κ2) is 8.24. The maximum atomic E-state index is 12.3. The third-order valence-electron chi connectivity index (χ3n) is 4.87. The Hall–Kier alpha value is -2.84. The van der Waals surface area contributed by atoms with Crippen LogP contribution in [0.25, 0.3) is 0 Å². The highest BCUT2D eigenvalue weighted by molar-refractivity contribution is 5.96. The van der Waals surface area contributed by atoms with E-state index < -0.39 is 29.1 Å². The second-order valence-electron chi connectivity index (χ2n) is 6.78. The number of fused-ring (bicyclic) bond motifs is 1. The Morgan fingerprint density at radius 2 is 1.89 bits per heavy atom. The molecule has 2 atom stereocenters. The van der Waals surface area contributed by atoms with Crippen molar-refractivity contribution in [2.75, 3.05) is 19.8 Å². The minimum absolute atomic E-state index is 0.0635. The molecular formula is C18H22N2O7. The molecule has 0 aromatic heterocycles. The fraction of sp³-hybridized carbons (Fsp3) is 0.556. The number of nitrogens with zero attached hydrogens (tertiary/aromatic N) is 1. The first-order valence-corrected chi connectivity index (χ1v) is 9.00. The van der Waals surface area contributed by atoms with Crippen LogP contribution in [-0.2, 0) is 9.53 Å². The quantitative estimate of drug-likeness (QED) is 0.474. The maximum Gasteiger partial charge on any atom is 0.345 e. The van der Waals surface area contributed by atoms with Crippen molar-refractivity contribution < 1.29 is 28.7 Å². The minimum Gasteiger partial charge on any atom is -0.486 e. The van der Waals surface area contributed by atoms with E-state index in [0.717, 1.165) is 31.7 Å². The van der Waals surface area contributed by atoms with Crippen LogP contribution in [0, 0.1) is 16.0 Å². The number of nitro groups is 1. The molecule has 0 bridgehead atoms. The van der Waals surface area contributed by atoms with Gasteiger partial charge in [0.05, 0.1) is 11.0 Å². The molecule has 1 aromatic carbocycles. The monoisotopic (exact) mass is 378 g/mol. The molecule has 1 saturated carbocycles. The van der Waals surface area contributed by atoms with E-state index in [2.05, 4.69) is 12.2 Å². The minimum atomic E-state index is -0.953. The fourth-order valence-electron chi connectivity index (χ4n) is 3.38. The smallest absolute Gasteiger partial charge is 0.345 e. The van der Waals surface area contributed by atoms with Gasteiger partial charge in [0.25, 0.3) is 11.6 Å². The van der Waals surface area contributed by atoms with Crippen molar-refractivity contribution >= 4 is 17.6 Å². The van der Waals surface area contributed by atoms with Gasteiger partial charge in [0.2, 0.25) is 0 Å². The van der Waals surface area contributed by atoms with Crippen LogP contribution < -0.4 is 14.8 Å². The van der Waals surface area contributed by atoms with Crippen LogP contribution >= 0.6 is 0 Å². The van der Waals surface area contributed by atoms with E-state index >= 15 is 0 Å². The van der Waals surface area contributed by atoms with Crippen LogP contribution in [0.4, 0.5) is 5.69 Å². The van der Waals surface area contributed by atoms with Crippen molar-refractivity contribution in [2.45, 2.75) is 38.6 Å². The molecule has 0 saturated heterocycles. The lowest BCUT2D eigenvalue weighted by atomic mass is 9.86. The lowest BCUT2D eigenvalue weighted by Crippen LogP contribution is -2.42. The Kier molecular flexibility index (Phi) is 5.78. The van der Waals surface area contributed by atoms with Crippen molar-refractivity contribution in [2.24, 2.45) is 5.92 Å². The summed E-state index contributed by atoms with van der Waals surface area (Å²) in [6.45, 7) is 2.14. The number of hydrogen-bond acceptors (Lipinski definition) is 7. The SMILES string of the molecule is C[C@@H]1CCCC[C@@H]1NC(=O)COC(=O)c1cc2c(cc1[N+](=O)[O-])OCCO2. The number of nitrogens with one attached hydrogen (secondary N) is 1. The molecule has 9 heteroatoms. The Labute approximate surface area is 156 Å². The second-order valence-corrected chi connectivity index (χ2v) is 6.78. The highest BCUT2D eigenvalue weighted by Gasteiger charge is 2.28. The third-order valence-corrected chi connectivity index (χ3v) is 4.87. The number of esters is 1. The van der Waals surface area contributed by atoms with Crippen molar-refractivity contribution in [1.82, 2.24) is 5.32 Å². The standard InChI is InChI=1S/C18H22N2O7/c1-11-4-2-3-5-13(11)19-17(21)10-27-18(22)12-8-15-16(26-7-6-25-15)9-14(12)20(23)24/h8-9,11,13H,2-7,10H2,1H3,(H,19,21)/t11-,13+/m1/s1. The van der Waals surface area contributed by atoms with Gasteiger partial charge in [-0.25, -0.2) is 4.79 Å². The van der Waals surface area contributed by atoms with Gasteiger partial charge in [0.15, 0.2) is 18.1 Å². The summed E-state index contributed by atoms with van der Waals surface area (Å²) in [5, 5.41) is 14.1. The summed E-state index contributed by atoms with van der Waals surface area (Å²) in [6.07, 6.45) is 4.15. The number of rotatable bonds is 5. The van der Waals surface area contributed by atoms with Crippen LogP contribution in [0.3, 0.4) is 0 Å². The predicted molar refractivity (Wildman–Crippen MR) is 93.9 cm³/mol. The Bertz CT molecular complexity index is 749. The van der Waals surface area contributed by atoms with E-state index in [1.54, 1.807) is 0 Å². The molecule has 0 unspecified atom stereocenters. The van der Waals surface area contributed by atoms with Gasteiger partial charge in [0.1, 0.15) is 18.8 Å². The van der Waals surface area contributed by atoms with Crippen molar-refractivity contribution in [3.05, 3.63) is 27.8 Å². The molecule has 1 aliphatic heterocycles. The molecule has 3 rings (SSSR count). The molecule has 1 heterocycles. The molecular weight excluding hydrogens is 356 g/mol. The molecule has 2 aliphatic rings. The molecule has 1 amide bonds. The van der Waals surface area contributed by atoms with E-state index in [1.165, 1.54) is 6.07 Å². The summed E-state index contributed by atoms with van der Waals surface area (Å²) in [5.74, 6) is -0.557. The largest absolute Gasteiger partial charge is 0.486 e. The average molecular weight is 378 g/mol. The van der Waals surface area contributed by atoms with Crippen LogP contribution in [0.2, 0.25) is 0 Å². The fourth-order valence-corrected chi connectivity index (χ4v) is 3.38. The predicted octanol–water partition coefficient (Wildman–Crippen LogP) is 2.22. The Balaban J connectivity index is 1.65. The first kappa shape index (κ1) is 18.9. The van der Waals surface area contributed by atoms with Crippen LogP contribution in [0.15, 0.2) is 12.1 Å². The molecule has 146 valence electrons. The molecule has 1 aliphatic carbocycles. The number of ether oxygens (including phenoxy) is 3. The molecule has 9 nitrogen and oxygen atoms in total. The zero-order chi connectivity index (χ0) is 19.4. The summed E-state index contributed by atoms with van der Waals surface area (Å²) in [7, 11) is 0. The van der Waals surface area contributed by atoms with E-state index in [0.29, 0.717) is 5.92 Å². The van der Waals surface area contributed by atoms with Crippen molar-refractivity contribution in [3.8, 4) is 11.5 Å². The summed E-state index contributed by atoms with van der Waals surface area (Å²) in [5.41, 5.74) is -0.728. The normalized spacial score (nSPS) is 21.2. The lowest BCUT2D eigenvalue weighted by molar-refractivity contribution is -0.385. The topological polar surface area (TPSA) is 117 Å². The van der Waals surface area contributed by atoms with Crippen LogP contribution in [0.5, 0.6) is 11.5 Å². The average Bonchev–Trinajstić information content (AvgIpc) is 2.66. The third kappa shape index (κ3) is 4.47. The van der Waals surface area contributed by atoms with Gasteiger partial charge in [-0.15, -0.1) is 0 Å². The van der Waals surface area contributed by atoms with Gasteiger partial charge >= 0.3 is 5.97 Å². The molecule has 0 spiro atoms. The zero-order valence-corrected chi connectivity index (χ0v) is 15.1. The Morgan fingerprint density at radius 3 is 2.56 bits per heavy atom. The highest BCUT2D eigenvalue weighted by Crippen LogP contribution is 2.36. The number of hydrogen-bond donors (Lipinski definition) is 1. The summed E-state index contributed by atoms with van der Waals surface area (Å²) in [6, 6.07) is 2.42. The number of carbonyl (C=O) groups excluding carboxylic acids is 2. The summed E-state index contributed by atoms with van der Waals surface area (Å²) in [4.78, 5) is 35.0. The summed E-state index contributed by atoms with van der Waals surface area (Å²) >= 11 is 0. The highest BCUT2D eigenvalue weighted by atomic mass is 16.6. The van der Waals surface area contributed by atoms with E-state index in [1.807, 2.05) is 0 Å². The van der Waals surface area contributed by atoms with Crippen molar-refractivity contribution in [3.63, 3.8) is 0 Å². The molecule has 27 heavy (non-hydrogen) atoms. The molecule has 1 fully saturated rings. The Morgan fingerprint density at radius 1 is 1.22 bits per heavy atom. The zero-order valence-electron chi connectivity index (χ0n) is 15.1. The number of benzene rings is 1. The maximum absolute atomic E-state index is 12.3. The van der Waals surface area contributed by atoms with Crippen LogP contribution in [0.1, 0.15) is 43.0 Å². The number of carbonyl (C=O) groups is 2. The van der Waals surface area contributed by atoms with E-state index in [-0.39, 0.29) is 36.3 Å². The van der Waals surface area contributed by atoms with Crippen molar-refractivity contribution in [1.29, 1.82) is 0 Å². The van der Waals surface area contributed by atoms with Gasteiger partial charge in [-0.05, 0) is 18.8 Å². The van der Waals surface area contributed by atoms with E-state index in [9.17, 15) is 19.7 Å². The lowest BCUT2D eigenvalue weighted by Gasteiger charge is -2.29.